The standard InChI is InChI=1S/C14H29N3O2.HI/c1-18-11-12-19-10-6-5-9-16-14(15)17-13-7-3-2-4-8-13;/h13H,2-12H2,1H3,(H3,15,16,17);1H. The number of halogens is 1. The van der Waals surface area contributed by atoms with Gasteiger partial charge in [0.25, 0.3) is 0 Å². The van der Waals surface area contributed by atoms with Gasteiger partial charge in [-0.2, -0.15) is 0 Å². The molecule has 120 valence electrons. The normalized spacial score (nSPS) is 16.8. The van der Waals surface area contributed by atoms with Crippen LogP contribution in [0.3, 0.4) is 0 Å². The van der Waals surface area contributed by atoms with Crippen molar-refractivity contribution in [1.82, 2.24) is 5.32 Å². The van der Waals surface area contributed by atoms with Crippen molar-refractivity contribution in [3.8, 4) is 0 Å². The van der Waals surface area contributed by atoms with Gasteiger partial charge in [-0.15, -0.1) is 24.0 Å². The monoisotopic (exact) mass is 399 g/mol. The molecular formula is C14H30IN3O2. The first-order valence-electron chi connectivity index (χ1n) is 7.46. The first-order chi connectivity index (χ1) is 9.33. The summed E-state index contributed by atoms with van der Waals surface area (Å²) in [7, 11) is 1.68. The van der Waals surface area contributed by atoms with Gasteiger partial charge < -0.3 is 20.5 Å². The minimum atomic E-state index is 0. The molecule has 1 rings (SSSR count). The summed E-state index contributed by atoms with van der Waals surface area (Å²) in [4.78, 5) is 4.36. The van der Waals surface area contributed by atoms with E-state index in [1.807, 2.05) is 0 Å². The second-order valence-electron chi connectivity index (χ2n) is 5.06. The van der Waals surface area contributed by atoms with E-state index in [1.54, 1.807) is 7.11 Å². The molecule has 0 aromatic carbocycles. The molecule has 0 atom stereocenters. The minimum Gasteiger partial charge on any atom is -0.382 e. The molecule has 0 aromatic heterocycles. The van der Waals surface area contributed by atoms with Crippen molar-refractivity contribution >= 4 is 29.9 Å². The third-order valence-electron chi connectivity index (χ3n) is 3.37. The van der Waals surface area contributed by atoms with Gasteiger partial charge in [0.05, 0.1) is 13.2 Å². The Morgan fingerprint density at radius 2 is 1.90 bits per heavy atom. The van der Waals surface area contributed by atoms with E-state index in [-0.39, 0.29) is 24.0 Å². The van der Waals surface area contributed by atoms with Gasteiger partial charge in [-0.25, -0.2) is 0 Å². The number of nitrogens with two attached hydrogens (primary N) is 1. The maximum atomic E-state index is 5.88. The lowest BCUT2D eigenvalue weighted by Gasteiger charge is -2.23. The Bertz CT molecular complexity index is 247. The van der Waals surface area contributed by atoms with E-state index in [2.05, 4.69) is 10.3 Å². The molecule has 1 saturated carbocycles. The number of nitrogens with one attached hydrogen (secondary N) is 1. The summed E-state index contributed by atoms with van der Waals surface area (Å²) in [6.07, 6.45) is 8.46. The first kappa shape index (κ1) is 19.9. The Morgan fingerprint density at radius 3 is 2.60 bits per heavy atom. The molecule has 0 saturated heterocycles. The third-order valence-corrected chi connectivity index (χ3v) is 3.37. The highest BCUT2D eigenvalue weighted by molar-refractivity contribution is 14.0. The molecule has 3 N–H and O–H groups in total. The van der Waals surface area contributed by atoms with Gasteiger partial charge in [-0.3, -0.25) is 4.99 Å². The molecule has 0 bridgehead atoms. The molecule has 0 aliphatic heterocycles. The summed E-state index contributed by atoms with van der Waals surface area (Å²) in [5, 5.41) is 3.32. The van der Waals surface area contributed by atoms with Crippen LogP contribution >= 0.6 is 24.0 Å². The van der Waals surface area contributed by atoms with Gasteiger partial charge in [-0.1, -0.05) is 19.3 Å². The topological polar surface area (TPSA) is 68.9 Å². The Labute approximate surface area is 140 Å². The van der Waals surface area contributed by atoms with Crippen LogP contribution in [0.1, 0.15) is 44.9 Å². The van der Waals surface area contributed by atoms with Gasteiger partial charge in [0, 0.05) is 26.3 Å². The molecule has 1 aliphatic carbocycles. The Kier molecular flexibility index (Phi) is 13.8. The Morgan fingerprint density at radius 1 is 1.15 bits per heavy atom. The number of aliphatic imine (C=N–C) groups is 1. The van der Waals surface area contributed by atoms with Crippen molar-refractivity contribution in [2.75, 3.05) is 33.5 Å². The van der Waals surface area contributed by atoms with E-state index >= 15 is 0 Å². The van der Waals surface area contributed by atoms with Crippen LogP contribution in [0.15, 0.2) is 4.99 Å². The molecule has 20 heavy (non-hydrogen) atoms. The zero-order valence-electron chi connectivity index (χ0n) is 12.6. The molecule has 0 radical (unpaired) electrons. The van der Waals surface area contributed by atoms with Crippen LogP contribution in [0, 0.1) is 0 Å². The summed E-state index contributed by atoms with van der Waals surface area (Å²) in [5.41, 5.74) is 5.88. The van der Waals surface area contributed by atoms with E-state index in [0.717, 1.165) is 26.0 Å². The lowest BCUT2D eigenvalue weighted by molar-refractivity contribution is 0.0690. The largest absolute Gasteiger partial charge is 0.382 e. The van der Waals surface area contributed by atoms with Crippen LogP contribution in [0.4, 0.5) is 0 Å². The number of hydrogen-bond acceptors (Lipinski definition) is 3. The summed E-state index contributed by atoms with van der Waals surface area (Å²) in [6.45, 7) is 2.88. The predicted molar refractivity (Wildman–Crippen MR) is 93.8 cm³/mol. The fraction of sp³-hybridized carbons (Fsp3) is 0.929. The lowest BCUT2D eigenvalue weighted by Crippen LogP contribution is -2.41. The Balaban J connectivity index is 0.00000361. The summed E-state index contributed by atoms with van der Waals surface area (Å²) < 4.78 is 10.3. The maximum Gasteiger partial charge on any atom is 0.188 e. The van der Waals surface area contributed by atoms with Crippen LogP contribution in [0.25, 0.3) is 0 Å². The van der Waals surface area contributed by atoms with E-state index in [4.69, 9.17) is 15.2 Å². The number of hydrogen-bond donors (Lipinski definition) is 2. The highest BCUT2D eigenvalue weighted by atomic mass is 127. The number of ether oxygens (including phenoxy) is 2. The molecule has 0 unspecified atom stereocenters. The molecule has 0 heterocycles. The fourth-order valence-electron chi connectivity index (χ4n) is 2.26. The SMILES string of the molecule is COCCOCCCCN=C(N)NC1CCCCC1.I. The van der Waals surface area contributed by atoms with Gasteiger partial charge >= 0.3 is 0 Å². The molecule has 0 spiro atoms. The third kappa shape index (κ3) is 10.7. The predicted octanol–water partition coefficient (Wildman–Crippen LogP) is 2.28. The van der Waals surface area contributed by atoms with Crippen LogP contribution < -0.4 is 11.1 Å². The molecule has 5 nitrogen and oxygen atoms in total. The molecule has 0 amide bonds. The second kappa shape index (κ2) is 13.9. The van der Waals surface area contributed by atoms with Crippen molar-refractivity contribution in [1.29, 1.82) is 0 Å². The highest BCUT2D eigenvalue weighted by Gasteiger charge is 2.12. The van der Waals surface area contributed by atoms with Crippen LogP contribution in [0.5, 0.6) is 0 Å². The zero-order valence-corrected chi connectivity index (χ0v) is 14.9. The molecular weight excluding hydrogens is 369 g/mol. The summed E-state index contributed by atoms with van der Waals surface area (Å²) in [6, 6.07) is 0.537. The lowest BCUT2D eigenvalue weighted by atomic mass is 9.96. The average Bonchev–Trinajstić information content (AvgIpc) is 2.43. The van der Waals surface area contributed by atoms with Crippen molar-refractivity contribution in [3.63, 3.8) is 0 Å². The van der Waals surface area contributed by atoms with E-state index in [0.29, 0.717) is 25.2 Å². The minimum absolute atomic E-state index is 0. The van der Waals surface area contributed by atoms with Gasteiger partial charge in [-0.05, 0) is 25.7 Å². The van der Waals surface area contributed by atoms with Crippen LogP contribution in [-0.4, -0.2) is 45.5 Å². The summed E-state index contributed by atoms with van der Waals surface area (Å²) in [5.74, 6) is 0.604. The first-order valence-corrected chi connectivity index (χ1v) is 7.46. The number of rotatable bonds is 9. The van der Waals surface area contributed by atoms with E-state index in [1.165, 1.54) is 32.1 Å². The molecule has 0 aromatic rings. The van der Waals surface area contributed by atoms with E-state index < -0.39 is 0 Å². The van der Waals surface area contributed by atoms with Crippen LogP contribution in [0.2, 0.25) is 0 Å². The van der Waals surface area contributed by atoms with Gasteiger partial charge in [0.1, 0.15) is 0 Å². The molecule has 6 heteroatoms. The van der Waals surface area contributed by atoms with Crippen molar-refractivity contribution in [2.45, 2.75) is 51.0 Å². The van der Waals surface area contributed by atoms with Gasteiger partial charge in [0.2, 0.25) is 0 Å². The van der Waals surface area contributed by atoms with Crippen molar-refractivity contribution in [2.24, 2.45) is 10.7 Å². The smallest absolute Gasteiger partial charge is 0.188 e. The number of methoxy groups -OCH3 is 1. The number of unbranched alkanes of at least 4 members (excludes halogenated alkanes) is 1. The van der Waals surface area contributed by atoms with Crippen molar-refractivity contribution < 1.29 is 9.47 Å². The van der Waals surface area contributed by atoms with Crippen molar-refractivity contribution in [3.05, 3.63) is 0 Å². The van der Waals surface area contributed by atoms with Gasteiger partial charge in [0.15, 0.2) is 5.96 Å². The second-order valence-corrected chi connectivity index (χ2v) is 5.06. The average molecular weight is 399 g/mol. The molecule has 1 fully saturated rings. The zero-order chi connectivity index (χ0) is 13.8. The Hall–Kier alpha value is -0.0800. The fourth-order valence-corrected chi connectivity index (χ4v) is 2.26. The van der Waals surface area contributed by atoms with Crippen LogP contribution in [-0.2, 0) is 9.47 Å². The highest BCUT2D eigenvalue weighted by Crippen LogP contribution is 2.16. The number of nitrogens with zero attached hydrogens (tertiary/aromatic N) is 1. The number of guanidine groups is 1. The molecule has 1 aliphatic rings. The maximum absolute atomic E-state index is 5.88. The quantitative estimate of drug-likeness (QED) is 0.270. The van der Waals surface area contributed by atoms with E-state index in [9.17, 15) is 0 Å². The summed E-state index contributed by atoms with van der Waals surface area (Å²) >= 11 is 0.